The second-order valence-electron chi connectivity index (χ2n) is 5.87. The summed E-state index contributed by atoms with van der Waals surface area (Å²) < 4.78 is 1.24. The summed E-state index contributed by atoms with van der Waals surface area (Å²) in [5.74, 6) is -0.631. The summed E-state index contributed by atoms with van der Waals surface area (Å²) in [4.78, 5) is 36.6. The highest BCUT2D eigenvalue weighted by atomic mass is 32.1. The standard InChI is InChI=1S/C18H16N4O4S/c1-11-10-15(23)17(18(24)19-12(2)16-8-5-9-27-16)20-21(11)13-6-3-4-7-14(13)22(25)26/h3-10,12H,1-2H3,(H,19,24)/t12-/m1/s1. The molecule has 0 aliphatic rings. The molecule has 2 aromatic heterocycles. The first kappa shape index (κ1) is 18.5. The van der Waals surface area contributed by atoms with E-state index in [-0.39, 0.29) is 23.1 Å². The van der Waals surface area contributed by atoms with Crippen LogP contribution in [-0.4, -0.2) is 20.6 Å². The van der Waals surface area contributed by atoms with Gasteiger partial charge in [-0.15, -0.1) is 11.3 Å². The van der Waals surface area contributed by atoms with Crippen LogP contribution in [0.5, 0.6) is 0 Å². The number of hydrogen-bond acceptors (Lipinski definition) is 6. The number of benzene rings is 1. The van der Waals surface area contributed by atoms with E-state index in [0.717, 1.165) is 4.88 Å². The van der Waals surface area contributed by atoms with Crippen molar-refractivity contribution in [2.75, 3.05) is 0 Å². The van der Waals surface area contributed by atoms with Crippen LogP contribution < -0.4 is 10.7 Å². The van der Waals surface area contributed by atoms with E-state index in [4.69, 9.17) is 0 Å². The Hall–Kier alpha value is -3.33. The highest BCUT2D eigenvalue weighted by molar-refractivity contribution is 7.10. The number of carbonyl (C=O) groups is 1. The molecule has 0 bridgehead atoms. The van der Waals surface area contributed by atoms with Crippen LogP contribution in [0, 0.1) is 17.0 Å². The number of thiophene rings is 1. The van der Waals surface area contributed by atoms with Gasteiger partial charge in [0, 0.05) is 22.7 Å². The maximum absolute atomic E-state index is 12.6. The van der Waals surface area contributed by atoms with Crippen molar-refractivity contribution in [3.8, 4) is 5.69 Å². The SMILES string of the molecule is Cc1cc(=O)c(C(=O)N[C@H](C)c2cccs2)nn1-c1ccccc1[N+](=O)[O-]. The van der Waals surface area contributed by atoms with Gasteiger partial charge in [-0.2, -0.15) is 5.10 Å². The molecule has 0 aliphatic carbocycles. The topological polar surface area (TPSA) is 107 Å². The number of nitro groups is 1. The lowest BCUT2D eigenvalue weighted by molar-refractivity contribution is -0.384. The first-order valence-corrected chi connectivity index (χ1v) is 8.95. The van der Waals surface area contributed by atoms with Gasteiger partial charge in [-0.3, -0.25) is 19.7 Å². The minimum atomic E-state index is -0.631. The smallest absolute Gasteiger partial charge is 0.294 e. The maximum Gasteiger partial charge on any atom is 0.294 e. The largest absolute Gasteiger partial charge is 0.343 e. The summed E-state index contributed by atoms with van der Waals surface area (Å²) in [6.45, 7) is 3.40. The third-order valence-electron chi connectivity index (χ3n) is 3.95. The number of para-hydroxylation sites is 2. The fraction of sp³-hybridized carbons (Fsp3) is 0.167. The zero-order valence-electron chi connectivity index (χ0n) is 14.6. The number of aromatic nitrogens is 2. The Labute approximate surface area is 158 Å². The quantitative estimate of drug-likeness (QED) is 0.537. The maximum atomic E-state index is 12.6. The van der Waals surface area contributed by atoms with Crippen LogP contribution in [0.4, 0.5) is 5.69 Å². The van der Waals surface area contributed by atoms with Gasteiger partial charge in [-0.1, -0.05) is 18.2 Å². The summed E-state index contributed by atoms with van der Waals surface area (Å²) >= 11 is 1.49. The van der Waals surface area contributed by atoms with E-state index >= 15 is 0 Å². The molecule has 3 rings (SSSR count). The van der Waals surface area contributed by atoms with Crippen molar-refractivity contribution in [3.63, 3.8) is 0 Å². The molecule has 0 radical (unpaired) electrons. The van der Waals surface area contributed by atoms with Crippen LogP contribution in [0.3, 0.4) is 0 Å². The minimum Gasteiger partial charge on any atom is -0.343 e. The Morgan fingerprint density at radius 2 is 2.04 bits per heavy atom. The number of nitrogens with zero attached hydrogens (tertiary/aromatic N) is 3. The molecule has 1 N–H and O–H groups in total. The van der Waals surface area contributed by atoms with Crippen molar-refractivity contribution in [2.45, 2.75) is 19.9 Å². The summed E-state index contributed by atoms with van der Waals surface area (Å²) in [7, 11) is 0. The lowest BCUT2D eigenvalue weighted by Crippen LogP contribution is -2.33. The van der Waals surface area contributed by atoms with Gasteiger partial charge in [0.05, 0.1) is 11.0 Å². The highest BCUT2D eigenvalue weighted by Gasteiger charge is 2.21. The van der Waals surface area contributed by atoms with Gasteiger partial charge < -0.3 is 5.32 Å². The molecule has 0 aliphatic heterocycles. The second-order valence-corrected chi connectivity index (χ2v) is 6.85. The van der Waals surface area contributed by atoms with Crippen LogP contribution in [0.15, 0.2) is 52.6 Å². The molecule has 8 nitrogen and oxygen atoms in total. The normalized spacial score (nSPS) is 11.8. The lowest BCUT2D eigenvalue weighted by Gasteiger charge is -2.14. The predicted octanol–water partition coefficient (Wildman–Crippen LogP) is 3.00. The number of aryl methyl sites for hydroxylation is 1. The van der Waals surface area contributed by atoms with E-state index in [2.05, 4.69) is 10.4 Å². The number of amides is 1. The molecule has 0 saturated carbocycles. The van der Waals surface area contributed by atoms with E-state index in [0.29, 0.717) is 5.69 Å². The van der Waals surface area contributed by atoms with Gasteiger partial charge in [0.2, 0.25) is 5.43 Å². The van der Waals surface area contributed by atoms with Gasteiger partial charge in [0.1, 0.15) is 5.69 Å². The van der Waals surface area contributed by atoms with E-state index < -0.39 is 16.3 Å². The first-order valence-electron chi connectivity index (χ1n) is 8.07. The fourth-order valence-electron chi connectivity index (χ4n) is 2.62. The number of carbonyl (C=O) groups excluding carboxylic acids is 1. The summed E-state index contributed by atoms with van der Waals surface area (Å²) in [6.07, 6.45) is 0. The van der Waals surface area contributed by atoms with Crippen LogP contribution in [0.25, 0.3) is 5.69 Å². The van der Waals surface area contributed by atoms with Gasteiger partial charge in [-0.25, -0.2) is 4.68 Å². The van der Waals surface area contributed by atoms with Crippen LogP contribution in [-0.2, 0) is 0 Å². The molecule has 1 aromatic carbocycles. The van der Waals surface area contributed by atoms with Gasteiger partial charge in [0.25, 0.3) is 11.6 Å². The monoisotopic (exact) mass is 384 g/mol. The fourth-order valence-corrected chi connectivity index (χ4v) is 3.35. The first-order chi connectivity index (χ1) is 12.9. The van der Waals surface area contributed by atoms with Gasteiger partial charge in [0.15, 0.2) is 5.69 Å². The number of hydrogen-bond donors (Lipinski definition) is 1. The summed E-state index contributed by atoms with van der Waals surface area (Å²) in [5.41, 5.74) is -0.465. The zero-order chi connectivity index (χ0) is 19.6. The Kier molecular flexibility index (Phi) is 5.13. The number of nitro benzene ring substituents is 1. The van der Waals surface area contributed by atoms with E-state index in [9.17, 15) is 19.7 Å². The molecular formula is C18H16N4O4S. The third kappa shape index (κ3) is 3.77. The predicted molar refractivity (Wildman–Crippen MR) is 101 cm³/mol. The lowest BCUT2D eigenvalue weighted by atomic mass is 10.2. The Balaban J connectivity index is 2.01. The van der Waals surface area contributed by atoms with Crippen molar-refractivity contribution < 1.29 is 9.72 Å². The van der Waals surface area contributed by atoms with E-state index in [1.54, 1.807) is 19.9 Å². The molecule has 1 amide bonds. The molecule has 0 spiro atoms. The second kappa shape index (κ2) is 7.50. The minimum absolute atomic E-state index is 0.171. The molecule has 2 heterocycles. The highest BCUT2D eigenvalue weighted by Crippen LogP contribution is 2.22. The van der Waals surface area contributed by atoms with Crippen molar-refractivity contribution in [2.24, 2.45) is 0 Å². The van der Waals surface area contributed by atoms with Crippen molar-refractivity contribution in [3.05, 3.63) is 84.4 Å². The molecule has 27 heavy (non-hydrogen) atoms. The zero-order valence-corrected chi connectivity index (χ0v) is 15.4. The molecule has 0 fully saturated rings. The van der Waals surface area contributed by atoms with Crippen molar-refractivity contribution >= 4 is 22.9 Å². The Bertz CT molecular complexity index is 1060. The van der Waals surface area contributed by atoms with Crippen molar-refractivity contribution in [1.29, 1.82) is 0 Å². The third-order valence-corrected chi connectivity index (χ3v) is 5.00. The summed E-state index contributed by atoms with van der Waals surface area (Å²) in [6, 6.07) is 10.7. The van der Waals surface area contributed by atoms with Crippen LogP contribution in [0.1, 0.15) is 34.0 Å². The molecular weight excluding hydrogens is 368 g/mol. The molecule has 138 valence electrons. The molecule has 1 atom stereocenters. The number of nitrogens with one attached hydrogen (secondary N) is 1. The average Bonchev–Trinajstić information content (AvgIpc) is 3.16. The van der Waals surface area contributed by atoms with Gasteiger partial charge >= 0.3 is 0 Å². The molecule has 0 unspecified atom stereocenters. The Morgan fingerprint density at radius 3 is 2.70 bits per heavy atom. The van der Waals surface area contributed by atoms with Gasteiger partial charge in [-0.05, 0) is 31.4 Å². The van der Waals surface area contributed by atoms with Crippen LogP contribution in [0.2, 0.25) is 0 Å². The van der Waals surface area contributed by atoms with E-state index in [1.807, 2.05) is 17.5 Å². The molecule has 0 saturated heterocycles. The number of rotatable bonds is 5. The van der Waals surface area contributed by atoms with Crippen molar-refractivity contribution in [1.82, 2.24) is 15.1 Å². The molecule has 3 aromatic rings. The van der Waals surface area contributed by atoms with Crippen LogP contribution >= 0.6 is 11.3 Å². The summed E-state index contributed by atoms with van der Waals surface area (Å²) in [5, 5.41) is 20.0. The average molecular weight is 384 g/mol. The van der Waals surface area contributed by atoms with E-state index in [1.165, 1.54) is 40.3 Å². The Morgan fingerprint density at radius 1 is 1.30 bits per heavy atom. The molecule has 9 heteroatoms.